The molecule has 0 bridgehead atoms. The average molecular weight is 250 g/mol. The normalized spacial score (nSPS) is 24.2. The Labute approximate surface area is 98.0 Å². The molecule has 5 nitrogen and oxygen atoms in total. The highest BCUT2D eigenvalue weighted by Crippen LogP contribution is 2.13. The van der Waals surface area contributed by atoms with Gasteiger partial charge in [-0.2, -0.15) is 0 Å². The van der Waals surface area contributed by atoms with Gasteiger partial charge in [0.25, 0.3) is 0 Å². The van der Waals surface area contributed by atoms with Crippen LogP contribution < -0.4 is 10.0 Å². The predicted molar refractivity (Wildman–Crippen MR) is 63.9 cm³/mol. The van der Waals surface area contributed by atoms with E-state index in [4.69, 9.17) is 4.74 Å². The summed E-state index contributed by atoms with van der Waals surface area (Å²) < 4.78 is 31.6. The van der Waals surface area contributed by atoms with Crippen LogP contribution in [0.2, 0.25) is 0 Å². The SMILES string of the molecule is CCN[C@H](C)CNS(=O)(=O)C1CCCOC1. The van der Waals surface area contributed by atoms with Crippen LogP contribution in [0.15, 0.2) is 0 Å². The van der Waals surface area contributed by atoms with E-state index < -0.39 is 10.0 Å². The highest BCUT2D eigenvalue weighted by Gasteiger charge is 2.27. The molecule has 0 aromatic heterocycles. The van der Waals surface area contributed by atoms with Crippen LogP contribution in [0.4, 0.5) is 0 Å². The van der Waals surface area contributed by atoms with Crippen molar-refractivity contribution in [3.8, 4) is 0 Å². The first-order valence-electron chi connectivity index (χ1n) is 5.86. The van der Waals surface area contributed by atoms with Gasteiger partial charge in [-0.3, -0.25) is 0 Å². The van der Waals surface area contributed by atoms with Crippen LogP contribution in [-0.2, 0) is 14.8 Å². The zero-order chi connectivity index (χ0) is 12.0. The van der Waals surface area contributed by atoms with Crippen LogP contribution in [0.25, 0.3) is 0 Å². The molecule has 1 rings (SSSR count). The number of sulfonamides is 1. The zero-order valence-corrected chi connectivity index (χ0v) is 10.8. The molecular weight excluding hydrogens is 228 g/mol. The van der Waals surface area contributed by atoms with Crippen LogP contribution in [0.5, 0.6) is 0 Å². The maximum atomic E-state index is 11.9. The molecule has 2 atom stereocenters. The molecule has 2 N–H and O–H groups in total. The van der Waals surface area contributed by atoms with Crippen molar-refractivity contribution in [2.75, 3.05) is 26.3 Å². The van der Waals surface area contributed by atoms with Gasteiger partial charge in [0.05, 0.1) is 11.9 Å². The van der Waals surface area contributed by atoms with E-state index in [0.717, 1.165) is 13.0 Å². The lowest BCUT2D eigenvalue weighted by molar-refractivity contribution is 0.0988. The van der Waals surface area contributed by atoms with Gasteiger partial charge in [-0.1, -0.05) is 6.92 Å². The Kier molecular flexibility index (Phi) is 5.68. The minimum Gasteiger partial charge on any atom is -0.380 e. The summed E-state index contributed by atoms with van der Waals surface area (Å²) in [4.78, 5) is 0. The monoisotopic (exact) mass is 250 g/mol. The summed E-state index contributed by atoms with van der Waals surface area (Å²) in [7, 11) is -3.21. The van der Waals surface area contributed by atoms with Gasteiger partial charge >= 0.3 is 0 Å². The van der Waals surface area contributed by atoms with E-state index in [-0.39, 0.29) is 11.3 Å². The topological polar surface area (TPSA) is 67.4 Å². The van der Waals surface area contributed by atoms with Crippen LogP contribution in [0, 0.1) is 0 Å². The van der Waals surface area contributed by atoms with E-state index in [1.807, 2.05) is 13.8 Å². The summed E-state index contributed by atoms with van der Waals surface area (Å²) >= 11 is 0. The summed E-state index contributed by atoms with van der Waals surface area (Å²) in [6.07, 6.45) is 1.53. The molecule has 1 saturated heterocycles. The zero-order valence-electron chi connectivity index (χ0n) is 10.0. The molecule has 1 unspecified atom stereocenters. The van der Waals surface area contributed by atoms with Crippen LogP contribution >= 0.6 is 0 Å². The number of ether oxygens (including phenoxy) is 1. The molecule has 1 aliphatic rings. The molecule has 1 heterocycles. The number of nitrogens with one attached hydrogen (secondary N) is 2. The average Bonchev–Trinajstić information content (AvgIpc) is 2.28. The summed E-state index contributed by atoms with van der Waals surface area (Å²) in [5, 5.41) is 2.78. The van der Waals surface area contributed by atoms with Crippen LogP contribution in [0.1, 0.15) is 26.7 Å². The van der Waals surface area contributed by atoms with Crippen molar-refractivity contribution in [1.29, 1.82) is 0 Å². The van der Waals surface area contributed by atoms with E-state index in [9.17, 15) is 8.42 Å². The van der Waals surface area contributed by atoms with E-state index in [2.05, 4.69) is 10.0 Å². The molecule has 0 aromatic rings. The fourth-order valence-electron chi connectivity index (χ4n) is 1.74. The second kappa shape index (κ2) is 6.54. The highest BCUT2D eigenvalue weighted by molar-refractivity contribution is 7.90. The Hall–Kier alpha value is -0.170. The van der Waals surface area contributed by atoms with Crippen molar-refractivity contribution in [1.82, 2.24) is 10.0 Å². The van der Waals surface area contributed by atoms with Gasteiger partial charge < -0.3 is 10.1 Å². The maximum absolute atomic E-state index is 11.9. The number of hydrogen-bond donors (Lipinski definition) is 2. The molecule has 1 aliphatic heterocycles. The Balaban J connectivity index is 2.38. The van der Waals surface area contributed by atoms with Gasteiger partial charge in [-0.25, -0.2) is 13.1 Å². The maximum Gasteiger partial charge on any atom is 0.216 e. The Bertz CT molecular complexity index is 286. The second-order valence-electron chi connectivity index (χ2n) is 4.19. The summed E-state index contributed by atoms with van der Waals surface area (Å²) in [5.74, 6) is 0. The standard InChI is InChI=1S/C10H22N2O3S/c1-3-11-9(2)7-12-16(13,14)10-5-4-6-15-8-10/h9-12H,3-8H2,1-2H3/t9-,10?/m1/s1. The van der Waals surface area contributed by atoms with E-state index in [0.29, 0.717) is 26.2 Å². The third-order valence-electron chi connectivity index (χ3n) is 2.70. The van der Waals surface area contributed by atoms with Crippen molar-refractivity contribution >= 4 is 10.0 Å². The lowest BCUT2D eigenvalue weighted by Crippen LogP contribution is -2.44. The number of likely N-dealkylation sites (N-methyl/N-ethyl adjacent to an activating group) is 1. The second-order valence-corrected chi connectivity index (χ2v) is 6.24. The van der Waals surface area contributed by atoms with Crippen LogP contribution in [0.3, 0.4) is 0 Å². The Morgan fingerprint density at radius 3 is 2.81 bits per heavy atom. The van der Waals surface area contributed by atoms with Gasteiger partial charge in [-0.15, -0.1) is 0 Å². The quantitative estimate of drug-likeness (QED) is 0.701. The molecule has 0 spiro atoms. The third kappa shape index (κ3) is 4.37. The van der Waals surface area contributed by atoms with Crippen molar-refractivity contribution in [2.24, 2.45) is 0 Å². The van der Waals surface area contributed by atoms with Gasteiger partial charge in [-0.05, 0) is 26.3 Å². The third-order valence-corrected chi connectivity index (χ3v) is 4.52. The minimum atomic E-state index is -3.21. The van der Waals surface area contributed by atoms with E-state index in [1.165, 1.54) is 0 Å². The summed E-state index contributed by atoms with van der Waals surface area (Å²) in [6.45, 7) is 6.25. The fourth-order valence-corrected chi connectivity index (χ4v) is 3.21. The molecule has 0 amide bonds. The molecule has 0 saturated carbocycles. The van der Waals surface area contributed by atoms with Crippen molar-refractivity contribution < 1.29 is 13.2 Å². The van der Waals surface area contributed by atoms with Gasteiger partial charge in [0.2, 0.25) is 10.0 Å². The molecule has 0 aliphatic carbocycles. The first-order valence-corrected chi connectivity index (χ1v) is 7.40. The van der Waals surface area contributed by atoms with Gasteiger partial charge in [0.1, 0.15) is 0 Å². The van der Waals surface area contributed by atoms with Gasteiger partial charge in [0, 0.05) is 19.2 Å². The largest absolute Gasteiger partial charge is 0.380 e. The van der Waals surface area contributed by atoms with Crippen molar-refractivity contribution in [3.05, 3.63) is 0 Å². The van der Waals surface area contributed by atoms with Gasteiger partial charge in [0.15, 0.2) is 0 Å². The van der Waals surface area contributed by atoms with E-state index in [1.54, 1.807) is 0 Å². The first kappa shape index (κ1) is 13.9. The van der Waals surface area contributed by atoms with Crippen LogP contribution in [-0.4, -0.2) is 46.0 Å². The summed E-state index contributed by atoms with van der Waals surface area (Å²) in [5.41, 5.74) is 0. The molecule has 0 aromatic carbocycles. The minimum absolute atomic E-state index is 0.157. The number of hydrogen-bond acceptors (Lipinski definition) is 4. The first-order chi connectivity index (χ1) is 7.56. The fraction of sp³-hybridized carbons (Fsp3) is 1.00. The lowest BCUT2D eigenvalue weighted by Gasteiger charge is -2.23. The summed E-state index contributed by atoms with van der Waals surface area (Å²) in [6, 6.07) is 0.157. The van der Waals surface area contributed by atoms with E-state index >= 15 is 0 Å². The predicted octanol–water partition coefficient (Wildman–Crippen LogP) is 0.0828. The highest BCUT2D eigenvalue weighted by atomic mass is 32.2. The molecule has 6 heteroatoms. The molecule has 0 radical (unpaired) electrons. The molecular formula is C10H22N2O3S. The van der Waals surface area contributed by atoms with Crippen molar-refractivity contribution in [2.45, 2.75) is 38.0 Å². The molecule has 16 heavy (non-hydrogen) atoms. The number of rotatable bonds is 6. The molecule has 1 fully saturated rings. The Morgan fingerprint density at radius 2 is 2.25 bits per heavy atom. The Morgan fingerprint density at radius 1 is 1.50 bits per heavy atom. The van der Waals surface area contributed by atoms with Crippen molar-refractivity contribution in [3.63, 3.8) is 0 Å². The molecule has 96 valence electrons. The lowest BCUT2D eigenvalue weighted by atomic mass is 10.2. The smallest absolute Gasteiger partial charge is 0.216 e.